The molecule has 0 radical (unpaired) electrons. The predicted octanol–water partition coefficient (Wildman–Crippen LogP) is 3.13. The predicted molar refractivity (Wildman–Crippen MR) is 76.4 cm³/mol. The Bertz CT molecular complexity index is 198. The van der Waals surface area contributed by atoms with Gasteiger partial charge in [-0.05, 0) is 36.8 Å². The molecular formula is C15H32N2. The summed E-state index contributed by atoms with van der Waals surface area (Å²) in [5.41, 5.74) is 0.871. The minimum Gasteiger partial charge on any atom is -0.312 e. The molecule has 17 heavy (non-hydrogen) atoms. The first-order chi connectivity index (χ1) is 7.66. The van der Waals surface area contributed by atoms with Crippen LogP contribution in [0.15, 0.2) is 0 Å². The van der Waals surface area contributed by atoms with Crippen LogP contribution in [0.25, 0.3) is 0 Å². The van der Waals surface area contributed by atoms with Crippen molar-refractivity contribution >= 4 is 0 Å². The van der Waals surface area contributed by atoms with Gasteiger partial charge >= 0.3 is 0 Å². The molecule has 102 valence electrons. The Morgan fingerprint density at radius 2 is 1.71 bits per heavy atom. The molecule has 1 atom stereocenters. The Morgan fingerprint density at radius 3 is 2.24 bits per heavy atom. The summed E-state index contributed by atoms with van der Waals surface area (Å²) < 4.78 is 0. The number of nitrogens with zero attached hydrogens (tertiary/aromatic N) is 1. The molecule has 0 aliphatic carbocycles. The molecule has 0 spiro atoms. The largest absolute Gasteiger partial charge is 0.312 e. The Kier molecular flexibility index (Phi) is 5.03. The number of rotatable bonds is 4. The highest BCUT2D eigenvalue weighted by Crippen LogP contribution is 2.21. The molecule has 1 unspecified atom stereocenters. The van der Waals surface area contributed by atoms with Gasteiger partial charge in [0.25, 0.3) is 0 Å². The van der Waals surface area contributed by atoms with E-state index in [1.54, 1.807) is 0 Å². The standard InChI is InChI=1S/C15H32N2/c1-14(2,3)8-10-17-9-7-13(11-17)16-12-15(4,5)6/h13,16H,7-12H2,1-6H3. The van der Waals surface area contributed by atoms with Gasteiger partial charge in [-0.15, -0.1) is 0 Å². The van der Waals surface area contributed by atoms with Crippen molar-refractivity contribution in [2.24, 2.45) is 10.8 Å². The second-order valence-corrected chi connectivity index (χ2v) is 8.04. The number of hydrogen-bond donors (Lipinski definition) is 1. The van der Waals surface area contributed by atoms with Crippen LogP contribution < -0.4 is 5.32 Å². The fourth-order valence-electron chi connectivity index (χ4n) is 2.15. The summed E-state index contributed by atoms with van der Waals surface area (Å²) in [6, 6.07) is 0.717. The molecule has 0 saturated carbocycles. The lowest BCUT2D eigenvalue weighted by Crippen LogP contribution is -2.38. The van der Waals surface area contributed by atoms with Crippen molar-refractivity contribution < 1.29 is 0 Å². The first-order valence-corrected chi connectivity index (χ1v) is 7.11. The SMILES string of the molecule is CC(C)(C)CCN1CCC(NCC(C)(C)C)C1. The average Bonchev–Trinajstić information content (AvgIpc) is 2.57. The Labute approximate surface area is 108 Å². The number of nitrogens with one attached hydrogen (secondary N) is 1. The van der Waals surface area contributed by atoms with Crippen LogP contribution in [-0.4, -0.2) is 37.1 Å². The summed E-state index contributed by atoms with van der Waals surface area (Å²) in [5.74, 6) is 0. The second kappa shape index (κ2) is 5.71. The lowest BCUT2D eigenvalue weighted by atomic mass is 9.92. The molecule has 2 nitrogen and oxygen atoms in total. The average molecular weight is 240 g/mol. The molecule has 1 fully saturated rings. The van der Waals surface area contributed by atoms with Crippen LogP contribution >= 0.6 is 0 Å². The molecule has 1 N–H and O–H groups in total. The van der Waals surface area contributed by atoms with E-state index in [-0.39, 0.29) is 0 Å². The normalized spacial score (nSPS) is 23.3. The van der Waals surface area contributed by atoms with Crippen molar-refractivity contribution in [1.82, 2.24) is 10.2 Å². The van der Waals surface area contributed by atoms with Gasteiger partial charge in [-0.3, -0.25) is 0 Å². The van der Waals surface area contributed by atoms with E-state index in [0.717, 1.165) is 6.54 Å². The summed E-state index contributed by atoms with van der Waals surface area (Å²) in [7, 11) is 0. The van der Waals surface area contributed by atoms with Crippen LogP contribution in [0.1, 0.15) is 54.4 Å². The van der Waals surface area contributed by atoms with Crippen molar-refractivity contribution in [2.75, 3.05) is 26.2 Å². The monoisotopic (exact) mass is 240 g/mol. The van der Waals surface area contributed by atoms with E-state index in [9.17, 15) is 0 Å². The molecule has 2 heteroatoms. The second-order valence-electron chi connectivity index (χ2n) is 8.04. The maximum absolute atomic E-state index is 3.71. The van der Waals surface area contributed by atoms with Crippen LogP contribution in [-0.2, 0) is 0 Å². The van der Waals surface area contributed by atoms with Gasteiger partial charge in [-0.1, -0.05) is 41.5 Å². The first kappa shape index (κ1) is 15.0. The zero-order valence-electron chi connectivity index (χ0n) is 12.8. The molecule has 1 rings (SSSR count). The Balaban J connectivity index is 2.19. The third-order valence-corrected chi connectivity index (χ3v) is 3.37. The fourth-order valence-corrected chi connectivity index (χ4v) is 2.15. The first-order valence-electron chi connectivity index (χ1n) is 7.11. The molecular weight excluding hydrogens is 208 g/mol. The maximum atomic E-state index is 3.71. The van der Waals surface area contributed by atoms with Gasteiger partial charge in [0.1, 0.15) is 0 Å². The molecule has 1 saturated heterocycles. The summed E-state index contributed by atoms with van der Waals surface area (Å²) in [4.78, 5) is 2.62. The van der Waals surface area contributed by atoms with Crippen molar-refractivity contribution in [3.63, 3.8) is 0 Å². The van der Waals surface area contributed by atoms with Gasteiger partial charge in [-0.25, -0.2) is 0 Å². The topological polar surface area (TPSA) is 15.3 Å². The number of hydrogen-bond acceptors (Lipinski definition) is 2. The lowest BCUT2D eigenvalue weighted by Gasteiger charge is -2.24. The van der Waals surface area contributed by atoms with Crippen LogP contribution in [0.3, 0.4) is 0 Å². The van der Waals surface area contributed by atoms with Gasteiger partial charge in [0.15, 0.2) is 0 Å². The molecule has 0 amide bonds. The fraction of sp³-hybridized carbons (Fsp3) is 1.00. The molecule has 1 heterocycles. The minimum atomic E-state index is 0.402. The van der Waals surface area contributed by atoms with E-state index < -0.39 is 0 Å². The van der Waals surface area contributed by atoms with E-state index in [1.807, 2.05) is 0 Å². The molecule has 0 aromatic rings. The van der Waals surface area contributed by atoms with E-state index in [2.05, 4.69) is 51.8 Å². The van der Waals surface area contributed by atoms with Crippen molar-refractivity contribution in [2.45, 2.75) is 60.4 Å². The molecule has 1 aliphatic rings. The molecule has 0 aromatic heterocycles. The smallest absolute Gasteiger partial charge is 0.0207 e. The highest BCUT2D eigenvalue weighted by molar-refractivity contribution is 4.83. The van der Waals surface area contributed by atoms with Gasteiger partial charge in [0.2, 0.25) is 0 Å². The summed E-state index contributed by atoms with van der Waals surface area (Å²) in [6.07, 6.45) is 2.62. The molecule has 0 bridgehead atoms. The third kappa shape index (κ3) is 7.05. The summed E-state index contributed by atoms with van der Waals surface area (Å²) >= 11 is 0. The van der Waals surface area contributed by atoms with E-state index >= 15 is 0 Å². The van der Waals surface area contributed by atoms with Gasteiger partial charge in [0, 0.05) is 19.1 Å². The van der Waals surface area contributed by atoms with Crippen molar-refractivity contribution in [1.29, 1.82) is 0 Å². The highest BCUT2D eigenvalue weighted by atomic mass is 15.2. The van der Waals surface area contributed by atoms with Gasteiger partial charge in [0.05, 0.1) is 0 Å². The highest BCUT2D eigenvalue weighted by Gasteiger charge is 2.24. The zero-order valence-corrected chi connectivity index (χ0v) is 12.8. The van der Waals surface area contributed by atoms with Crippen LogP contribution in [0.4, 0.5) is 0 Å². The minimum absolute atomic E-state index is 0.402. The Morgan fingerprint density at radius 1 is 1.06 bits per heavy atom. The Hall–Kier alpha value is -0.0800. The summed E-state index contributed by atoms with van der Waals surface area (Å²) in [5, 5.41) is 3.71. The van der Waals surface area contributed by atoms with Crippen molar-refractivity contribution in [3.05, 3.63) is 0 Å². The van der Waals surface area contributed by atoms with E-state index in [1.165, 1.54) is 32.5 Å². The van der Waals surface area contributed by atoms with E-state index in [4.69, 9.17) is 0 Å². The van der Waals surface area contributed by atoms with E-state index in [0.29, 0.717) is 16.9 Å². The molecule has 1 aliphatic heterocycles. The lowest BCUT2D eigenvalue weighted by molar-refractivity contribution is 0.257. The molecule has 0 aromatic carbocycles. The number of likely N-dealkylation sites (tertiary alicyclic amines) is 1. The van der Waals surface area contributed by atoms with Gasteiger partial charge < -0.3 is 10.2 Å². The quantitative estimate of drug-likeness (QED) is 0.812. The summed E-state index contributed by atoms with van der Waals surface area (Å²) in [6.45, 7) is 18.8. The van der Waals surface area contributed by atoms with Gasteiger partial charge in [-0.2, -0.15) is 0 Å². The third-order valence-electron chi connectivity index (χ3n) is 3.37. The zero-order chi connectivity index (χ0) is 13.1. The van der Waals surface area contributed by atoms with Crippen LogP contribution in [0, 0.1) is 10.8 Å². The van der Waals surface area contributed by atoms with Crippen molar-refractivity contribution in [3.8, 4) is 0 Å². The van der Waals surface area contributed by atoms with Crippen LogP contribution in [0.5, 0.6) is 0 Å². The maximum Gasteiger partial charge on any atom is 0.0207 e. The van der Waals surface area contributed by atoms with Crippen LogP contribution in [0.2, 0.25) is 0 Å².